The van der Waals surface area contributed by atoms with Crippen LogP contribution in [0.25, 0.3) is 0 Å². The lowest BCUT2D eigenvalue weighted by Gasteiger charge is -2.25. The van der Waals surface area contributed by atoms with Crippen molar-refractivity contribution < 1.29 is 13.6 Å². The quantitative estimate of drug-likeness (QED) is 0.936. The summed E-state index contributed by atoms with van der Waals surface area (Å²) >= 11 is 0. The van der Waals surface area contributed by atoms with E-state index in [4.69, 9.17) is 0 Å². The number of carbonyl (C=O) groups is 1. The zero-order chi connectivity index (χ0) is 16.4. The molecule has 1 aromatic carbocycles. The molecule has 0 radical (unpaired) electrons. The van der Waals surface area contributed by atoms with Crippen molar-refractivity contribution in [3.05, 3.63) is 53.1 Å². The molecule has 1 aromatic heterocycles. The van der Waals surface area contributed by atoms with Gasteiger partial charge in [0.15, 0.2) is 0 Å². The van der Waals surface area contributed by atoms with E-state index in [0.29, 0.717) is 5.69 Å². The standard InChI is InChI=1S/C16H18F2N4O/c1-2-21-5-6-22-9-14(20-15(22)10-21)16(23)19-8-11-3-4-12(17)7-13(11)18/h3-4,7,9H,2,5-6,8,10H2,1H3,(H,19,23). The molecule has 0 aliphatic carbocycles. The van der Waals surface area contributed by atoms with Crippen LogP contribution in [0.15, 0.2) is 24.4 Å². The van der Waals surface area contributed by atoms with Gasteiger partial charge in [-0.3, -0.25) is 9.69 Å². The molecule has 1 N–H and O–H groups in total. The Balaban J connectivity index is 1.66. The molecule has 2 aromatic rings. The van der Waals surface area contributed by atoms with Crippen molar-refractivity contribution in [3.8, 4) is 0 Å². The topological polar surface area (TPSA) is 50.2 Å². The van der Waals surface area contributed by atoms with Gasteiger partial charge in [0, 0.05) is 37.5 Å². The minimum Gasteiger partial charge on any atom is -0.346 e. The van der Waals surface area contributed by atoms with Gasteiger partial charge in [-0.2, -0.15) is 0 Å². The Morgan fingerprint density at radius 2 is 2.17 bits per heavy atom. The first kappa shape index (κ1) is 15.6. The molecule has 122 valence electrons. The number of nitrogens with one attached hydrogen (secondary N) is 1. The number of hydrogen-bond acceptors (Lipinski definition) is 3. The van der Waals surface area contributed by atoms with Gasteiger partial charge in [0.2, 0.25) is 0 Å². The van der Waals surface area contributed by atoms with Crippen molar-refractivity contribution >= 4 is 5.91 Å². The highest BCUT2D eigenvalue weighted by molar-refractivity contribution is 5.92. The SMILES string of the molecule is CCN1CCn2cc(C(=O)NCc3ccc(F)cc3F)nc2C1. The molecule has 0 spiro atoms. The van der Waals surface area contributed by atoms with Crippen LogP contribution in [0, 0.1) is 11.6 Å². The zero-order valence-corrected chi connectivity index (χ0v) is 12.9. The fourth-order valence-corrected chi connectivity index (χ4v) is 2.61. The Hall–Kier alpha value is -2.28. The molecule has 0 unspecified atom stereocenters. The first-order valence-electron chi connectivity index (χ1n) is 7.57. The molecular weight excluding hydrogens is 302 g/mol. The number of hydrogen-bond donors (Lipinski definition) is 1. The van der Waals surface area contributed by atoms with Gasteiger partial charge < -0.3 is 9.88 Å². The molecule has 1 aliphatic rings. The molecule has 0 saturated carbocycles. The van der Waals surface area contributed by atoms with Crippen LogP contribution in [0.4, 0.5) is 8.78 Å². The number of likely N-dealkylation sites (N-methyl/N-ethyl adjacent to an activating group) is 1. The van der Waals surface area contributed by atoms with E-state index in [-0.39, 0.29) is 18.0 Å². The van der Waals surface area contributed by atoms with E-state index in [1.807, 2.05) is 4.57 Å². The van der Waals surface area contributed by atoms with E-state index >= 15 is 0 Å². The summed E-state index contributed by atoms with van der Waals surface area (Å²) < 4.78 is 28.4. The van der Waals surface area contributed by atoms with Crippen molar-refractivity contribution in [2.45, 2.75) is 26.6 Å². The summed E-state index contributed by atoms with van der Waals surface area (Å²) in [4.78, 5) is 18.8. The summed E-state index contributed by atoms with van der Waals surface area (Å²) in [6, 6.07) is 3.29. The molecule has 5 nitrogen and oxygen atoms in total. The summed E-state index contributed by atoms with van der Waals surface area (Å²) in [5.41, 5.74) is 0.557. The molecular formula is C16H18F2N4O. The molecule has 3 rings (SSSR count). The first-order chi connectivity index (χ1) is 11.1. The molecule has 0 saturated heterocycles. The van der Waals surface area contributed by atoms with Gasteiger partial charge in [-0.1, -0.05) is 13.0 Å². The van der Waals surface area contributed by atoms with E-state index in [9.17, 15) is 13.6 Å². The van der Waals surface area contributed by atoms with Crippen LogP contribution in [0.2, 0.25) is 0 Å². The average molecular weight is 320 g/mol. The number of nitrogens with zero attached hydrogens (tertiary/aromatic N) is 3. The largest absolute Gasteiger partial charge is 0.346 e. The molecule has 2 heterocycles. The van der Waals surface area contributed by atoms with Crippen LogP contribution in [-0.2, 0) is 19.6 Å². The maximum atomic E-state index is 13.6. The number of fused-ring (bicyclic) bond motifs is 1. The van der Waals surface area contributed by atoms with Gasteiger partial charge >= 0.3 is 0 Å². The highest BCUT2D eigenvalue weighted by atomic mass is 19.1. The predicted octanol–water partition coefficient (Wildman–Crippen LogP) is 1.93. The molecule has 0 fully saturated rings. The summed E-state index contributed by atoms with van der Waals surface area (Å²) in [6.07, 6.45) is 1.72. The van der Waals surface area contributed by atoms with E-state index in [1.54, 1.807) is 6.20 Å². The van der Waals surface area contributed by atoms with Crippen LogP contribution >= 0.6 is 0 Å². The van der Waals surface area contributed by atoms with E-state index in [1.165, 1.54) is 12.1 Å². The monoisotopic (exact) mass is 320 g/mol. The number of carbonyl (C=O) groups excluding carboxylic acids is 1. The summed E-state index contributed by atoms with van der Waals surface area (Å²) in [5, 5.41) is 2.62. The lowest BCUT2D eigenvalue weighted by molar-refractivity contribution is 0.0946. The van der Waals surface area contributed by atoms with Crippen LogP contribution in [0.1, 0.15) is 28.8 Å². The molecule has 1 amide bonds. The fraction of sp³-hybridized carbons (Fsp3) is 0.375. The second-order valence-corrected chi connectivity index (χ2v) is 5.52. The number of rotatable bonds is 4. The Morgan fingerprint density at radius 3 is 2.91 bits per heavy atom. The minimum atomic E-state index is -0.673. The molecule has 7 heteroatoms. The van der Waals surface area contributed by atoms with Gasteiger partial charge in [-0.25, -0.2) is 13.8 Å². The number of amides is 1. The maximum Gasteiger partial charge on any atom is 0.271 e. The van der Waals surface area contributed by atoms with Crippen LogP contribution in [0.3, 0.4) is 0 Å². The third kappa shape index (κ3) is 3.39. The van der Waals surface area contributed by atoms with Crippen LogP contribution < -0.4 is 5.32 Å². The second-order valence-electron chi connectivity index (χ2n) is 5.52. The van der Waals surface area contributed by atoms with Gasteiger partial charge in [-0.15, -0.1) is 0 Å². The normalized spacial score (nSPS) is 14.6. The third-order valence-electron chi connectivity index (χ3n) is 4.02. The van der Waals surface area contributed by atoms with Gasteiger partial charge in [-0.05, 0) is 12.6 Å². The molecule has 0 atom stereocenters. The summed E-state index contributed by atoms with van der Waals surface area (Å²) in [5.74, 6) is -0.817. The van der Waals surface area contributed by atoms with Crippen molar-refractivity contribution in [1.82, 2.24) is 19.8 Å². The second kappa shape index (κ2) is 6.45. The highest BCUT2D eigenvalue weighted by Gasteiger charge is 2.20. The molecule has 23 heavy (non-hydrogen) atoms. The smallest absolute Gasteiger partial charge is 0.271 e. The summed E-state index contributed by atoms with van der Waals surface area (Å²) in [7, 11) is 0. The average Bonchev–Trinajstić information content (AvgIpc) is 2.96. The number of benzene rings is 1. The Kier molecular flexibility index (Phi) is 4.38. The fourth-order valence-electron chi connectivity index (χ4n) is 2.61. The van der Waals surface area contributed by atoms with Crippen LogP contribution in [-0.4, -0.2) is 33.4 Å². The van der Waals surface area contributed by atoms with Crippen LogP contribution in [0.5, 0.6) is 0 Å². The van der Waals surface area contributed by atoms with Crippen molar-refractivity contribution in [2.75, 3.05) is 13.1 Å². The van der Waals surface area contributed by atoms with Gasteiger partial charge in [0.05, 0.1) is 6.54 Å². The minimum absolute atomic E-state index is 0.00573. The Bertz CT molecular complexity index is 729. The lowest BCUT2D eigenvalue weighted by Crippen LogP contribution is -2.33. The Morgan fingerprint density at radius 1 is 1.35 bits per heavy atom. The number of aromatic nitrogens is 2. The van der Waals surface area contributed by atoms with Crippen molar-refractivity contribution in [3.63, 3.8) is 0 Å². The lowest BCUT2D eigenvalue weighted by atomic mass is 10.2. The van der Waals surface area contributed by atoms with Crippen molar-refractivity contribution in [2.24, 2.45) is 0 Å². The van der Waals surface area contributed by atoms with E-state index < -0.39 is 11.6 Å². The van der Waals surface area contributed by atoms with E-state index in [0.717, 1.165) is 38.1 Å². The zero-order valence-electron chi connectivity index (χ0n) is 12.9. The number of imidazole rings is 1. The first-order valence-corrected chi connectivity index (χ1v) is 7.57. The highest BCUT2D eigenvalue weighted by Crippen LogP contribution is 2.13. The molecule has 1 aliphatic heterocycles. The number of halogens is 2. The van der Waals surface area contributed by atoms with Gasteiger partial charge in [0.1, 0.15) is 23.2 Å². The Labute approximate surface area is 132 Å². The summed E-state index contributed by atoms with van der Waals surface area (Å²) in [6.45, 7) is 5.48. The third-order valence-corrected chi connectivity index (χ3v) is 4.02. The molecule has 0 bridgehead atoms. The van der Waals surface area contributed by atoms with E-state index in [2.05, 4.69) is 22.1 Å². The maximum absolute atomic E-state index is 13.6. The van der Waals surface area contributed by atoms with Gasteiger partial charge in [0.25, 0.3) is 5.91 Å². The van der Waals surface area contributed by atoms with Crippen molar-refractivity contribution in [1.29, 1.82) is 0 Å². The predicted molar refractivity (Wildman–Crippen MR) is 80.7 cm³/mol.